The van der Waals surface area contributed by atoms with E-state index in [0.29, 0.717) is 17.9 Å². The fourth-order valence-corrected chi connectivity index (χ4v) is 3.71. The molecule has 3 nitrogen and oxygen atoms in total. The molecule has 0 radical (unpaired) electrons. The molecule has 1 aromatic rings. The predicted molar refractivity (Wildman–Crippen MR) is 77.9 cm³/mol. The van der Waals surface area contributed by atoms with E-state index in [2.05, 4.69) is 40.9 Å². The van der Waals surface area contributed by atoms with Crippen LogP contribution in [-0.2, 0) is 4.79 Å². The molecule has 0 aromatic carbocycles. The summed E-state index contributed by atoms with van der Waals surface area (Å²) < 4.78 is 0. The third kappa shape index (κ3) is 2.43. The van der Waals surface area contributed by atoms with Gasteiger partial charge in [-0.25, -0.2) is 0 Å². The molecule has 4 heteroatoms. The van der Waals surface area contributed by atoms with Gasteiger partial charge in [0.2, 0.25) is 5.91 Å². The van der Waals surface area contributed by atoms with Gasteiger partial charge in [0.25, 0.3) is 0 Å². The molecule has 1 saturated heterocycles. The van der Waals surface area contributed by atoms with E-state index in [1.807, 2.05) is 0 Å². The zero-order chi connectivity index (χ0) is 13.4. The van der Waals surface area contributed by atoms with Crippen LogP contribution >= 0.6 is 11.3 Å². The van der Waals surface area contributed by atoms with Crippen molar-refractivity contribution >= 4 is 17.2 Å². The summed E-state index contributed by atoms with van der Waals surface area (Å²) >= 11 is 1.70. The van der Waals surface area contributed by atoms with Crippen LogP contribution < -0.4 is 5.32 Å². The molecule has 0 bridgehead atoms. The van der Waals surface area contributed by atoms with Gasteiger partial charge in [-0.15, -0.1) is 0 Å². The SMILES string of the molecule is CC(C)CC1NC(c2ccsc2)N(C2CCC2)C1=O. The smallest absolute Gasteiger partial charge is 0.241 e. The summed E-state index contributed by atoms with van der Waals surface area (Å²) in [7, 11) is 0. The first kappa shape index (κ1) is 13.1. The molecule has 1 saturated carbocycles. The molecule has 3 rings (SSSR count). The van der Waals surface area contributed by atoms with Crippen molar-refractivity contribution in [1.82, 2.24) is 10.2 Å². The first-order chi connectivity index (χ1) is 9.16. The van der Waals surface area contributed by atoms with Crippen LogP contribution in [0, 0.1) is 5.92 Å². The molecule has 2 unspecified atom stereocenters. The van der Waals surface area contributed by atoms with Gasteiger partial charge in [0.05, 0.1) is 6.04 Å². The van der Waals surface area contributed by atoms with Crippen molar-refractivity contribution in [2.75, 3.05) is 0 Å². The number of hydrogen-bond acceptors (Lipinski definition) is 3. The second-order valence-corrected chi connectivity index (χ2v) is 6.92. The van der Waals surface area contributed by atoms with Crippen molar-refractivity contribution in [3.05, 3.63) is 22.4 Å². The zero-order valence-corrected chi connectivity index (χ0v) is 12.5. The second-order valence-electron chi connectivity index (χ2n) is 6.14. The normalized spacial score (nSPS) is 28.2. The fourth-order valence-electron chi connectivity index (χ4n) is 3.03. The highest BCUT2D eigenvalue weighted by Gasteiger charge is 2.44. The quantitative estimate of drug-likeness (QED) is 0.917. The molecule has 2 aliphatic rings. The molecule has 1 amide bonds. The molecule has 2 atom stereocenters. The lowest BCUT2D eigenvalue weighted by Gasteiger charge is -2.38. The summed E-state index contributed by atoms with van der Waals surface area (Å²) in [4.78, 5) is 14.8. The number of hydrogen-bond donors (Lipinski definition) is 1. The molecule has 2 fully saturated rings. The molecule has 0 spiro atoms. The van der Waals surface area contributed by atoms with Crippen molar-refractivity contribution in [1.29, 1.82) is 0 Å². The third-order valence-electron chi connectivity index (χ3n) is 4.22. The maximum absolute atomic E-state index is 12.6. The van der Waals surface area contributed by atoms with Gasteiger partial charge in [0.15, 0.2) is 0 Å². The van der Waals surface area contributed by atoms with Crippen LogP contribution in [0.2, 0.25) is 0 Å². The van der Waals surface area contributed by atoms with Gasteiger partial charge in [-0.05, 0) is 54.0 Å². The summed E-state index contributed by atoms with van der Waals surface area (Å²) in [6.07, 6.45) is 4.64. The Hall–Kier alpha value is -0.870. The molecule has 1 aliphatic carbocycles. The van der Waals surface area contributed by atoms with E-state index >= 15 is 0 Å². The Morgan fingerprint density at radius 3 is 2.79 bits per heavy atom. The Bertz CT molecular complexity index is 439. The van der Waals surface area contributed by atoms with E-state index in [9.17, 15) is 4.79 Å². The van der Waals surface area contributed by atoms with Gasteiger partial charge in [-0.1, -0.05) is 13.8 Å². The van der Waals surface area contributed by atoms with E-state index in [1.165, 1.54) is 24.8 Å². The topological polar surface area (TPSA) is 32.3 Å². The van der Waals surface area contributed by atoms with Crippen molar-refractivity contribution < 1.29 is 4.79 Å². The van der Waals surface area contributed by atoms with Crippen molar-refractivity contribution in [3.8, 4) is 0 Å². The predicted octanol–water partition coefficient (Wildman–Crippen LogP) is 3.15. The number of thiophene rings is 1. The van der Waals surface area contributed by atoms with Gasteiger partial charge >= 0.3 is 0 Å². The molecular weight excluding hydrogens is 256 g/mol. The summed E-state index contributed by atoms with van der Waals surface area (Å²) in [6.45, 7) is 4.36. The number of carbonyl (C=O) groups is 1. The van der Waals surface area contributed by atoms with Crippen molar-refractivity contribution in [3.63, 3.8) is 0 Å². The third-order valence-corrected chi connectivity index (χ3v) is 4.93. The number of nitrogens with zero attached hydrogens (tertiary/aromatic N) is 1. The Balaban J connectivity index is 1.82. The minimum Gasteiger partial charge on any atom is -0.319 e. The summed E-state index contributed by atoms with van der Waals surface area (Å²) in [5.41, 5.74) is 1.25. The first-order valence-electron chi connectivity index (χ1n) is 7.27. The molecular formula is C15H22N2OS. The number of nitrogens with one attached hydrogen (secondary N) is 1. The van der Waals surface area contributed by atoms with E-state index in [4.69, 9.17) is 0 Å². The maximum Gasteiger partial charge on any atom is 0.241 e. The Labute approximate surface area is 119 Å². The van der Waals surface area contributed by atoms with E-state index < -0.39 is 0 Å². The van der Waals surface area contributed by atoms with Gasteiger partial charge in [0, 0.05) is 6.04 Å². The monoisotopic (exact) mass is 278 g/mol. The van der Waals surface area contributed by atoms with E-state index in [1.54, 1.807) is 11.3 Å². The zero-order valence-electron chi connectivity index (χ0n) is 11.6. The van der Waals surface area contributed by atoms with Gasteiger partial charge in [-0.3, -0.25) is 10.1 Å². The van der Waals surface area contributed by atoms with Crippen LogP contribution in [0.15, 0.2) is 16.8 Å². The highest BCUT2D eigenvalue weighted by atomic mass is 32.1. The minimum absolute atomic E-state index is 0.00509. The summed E-state index contributed by atoms with van der Waals surface area (Å²) in [5.74, 6) is 0.862. The second kappa shape index (κ2) is 5.25. The number of amides is 1. The van der Waals surface area contributed by atoms with Gasteiger partial charge < -0.3 is 4.90 Å². The van der Waals surface area contributed by atoms with Crippen LogP contribution in [0.4, 0.5) is 0 Å². The standard InChI is InChI=1S/C15H22N2OS/c1-10(2)8-13-15(18)17(12-4-3-5-12)14(16-13)11-6-7-19-9-11/h6-7,9-10,12-14,16H,3-5,8H2,1-2H3. The Kier molecular flexibility index (Phi) is 3.63. The van der Waals surface area contributed by atoms with Crippen LogP contribution in [0.3, 0.4) is 0 Å². The lowest BCUT2D eigenvalue weighted by Crippen LogP contribution is -2.44. The number of carbonyl (C=O) groups excluding carboxylic acids is 1. The largest absolute Gasteiger partial charge is 0.319 e. The average molecular weight is 278 g/mol. The van der Waals surface area contributed by atoms with Crippen LogP contribution in [0.5, 0.6) is 0 Å². The lowest BCUT2D eigenvalue weighted by atomic mass is 9.90. The van der Waals surface area contributed by atoms with Crippen molar-refractivity contribution in [2.45, 2.75) is 57.8 Å². The molecule has 104 valence electrons. The number of rotatable bonds is 4. The average Bonchev–Trinajstić information content (AvgIpc) is 2.89. The Morgan fingerprint density at radius 1 is 1.47 bits per heavy atom. The molecule has 19 heavy (non-hydrogen) atoms. The van der Waals surface area contributed by atoms with Crippen LogP contribution in [0.25, 0.3) is 0 Å². The highest BCUT2D eigenvalue weighted by molar-refractivity contribution is 7.07. The first-order valence-corrected chi connectivity index (χ1v) is 8.21. The van der Waals surface area contributed by atoms with Gasteiger partial charge in [0.1, 0.15) is 6.17 Å². The maximum atomic E-state index is 12.6. The molecule has 1 aromatic heterocycles. The molecule has 2 heterocycles. The van der Waals surface area contributed by atoms with E-state index in [-0.39, 0.29) is 12.2 Å². The van der Waals surface area contributed by atoms with E-state index in [0.717, 1.165) is 6.42 Å². The molecule has 1 aliphatic heterocycles. The fraction of sp³-hybridized carbons (Fsp3) is 0.667. The van der Waals surface area contributed by atoms with Crippen molar-refractivity contribution in [2.24, 2.45) is 5.92 Å². The van der Waals surface area contributed by atoms with Crippen LogP contribution in [-0.4, -0.2) is 22.9 Å². The Morgan fingerprint density at radius 2 is 2.26 bits per heavy atom. The highest BCUT2D eigenvalue weighted by Crippen LogP contribution is 2.36. The summed E-state index contributed by atoms with van der Waals surface area (Å²) in [5, 5.41) is 7.81. The minimum atomic E-state index is 0.00509. The van der Waals surface area contributed by atoms with Gasteiger partial charge in [-0.2, -0.15) is 11.3 Å². The summed E-state index contributed by atoms with van der Waals surface area (Å²) in [6, 6.07) is 2.60. The lowest BCUT2D eigenvalue weighted by molar-refractivity contribution is -0.134. The van der Waals surface area contributed by atoms with Crippen LogP contribution in [0.1, 0.15) is 51.3 Å². The molecule has 1 N–H and O–H groups in total.